The van der Waals surface area contributed by atoms with E-state index < -0.39 is 5.92 Å². The minimum absolute atomic E-state index is 0.00309. The number of nitrogens with one attached hydrogen (secondary N) is 1. The van der Waals surface area contributed by atoms with Crippen molar-refractivity contribution in [1.82, 2.24) is 19.7 Å². The highest BCUT2D eigenvalue weighted by atomic mass is 79.9. The van der Waals surface area contributed by atoms with E-state index in [1.165, 1.54) is 5.56 Å². The lowest BCUT2D eigenvalue weighted by Gasteiger charge is -2.41. The van der Waals surface area contributed by atoms with E-state index >= 15 is 0 Å². The summed E-state index contributed by atoms with van der Waals surface area (Å²) >= 11 is 9.96. The Bertz CT molecular complexity index is 1530. The number of carbonyl (C=O) groups is 3. The standard InChI is InChI=1S/C35H39BrClN5O3/c1-23-18-24(20-30(36)33(23)37)19-28(34(44)41-14-8-26(9-15-41)25-6-12-38-13-7-25)21-32(43)40-16-10-29(11-17-40)42-22-27-4-2-3-5-31(27)39-35(42)45/h2-7,12-13,18,20,26,28-29H,8-11,14-17,19,21-22H2,1H3,(H,39,45). The third-order valence-electron chi connectivity index (χ3n) is 9.62. The number of para-hydroxylation sites is 1. The Morgan fingerprint density at radius 2 is 1.69 bits per heavy atom. The number of carbonyl (C=O) groups excluding carboxylic acids is 3. The van der Waals surface area contributed by atoms with Gasteiger partial charge in [0.05, 0.1) is 10.9 Å². The number of aryl methyl sites for hydroxylation is 1. The van der Waals surface area contributed by atoms with E-state index in [1.54, 1.807) is 0 Å². The Kier molecular flexibility index (Phi) is 9.75. The van der Waals surface area contributed by atoms with Gasteiger partial charge in [-0.2, -0.15) is 0 Å². The summed E-state index contributed by atoms with van der Waals surface area (Å²) in [6.07, 6.45) is 7.49. The van der Waals surface area contributed by atoms with Crippen molar-refractivity contribution in [3.05, 3.63) is 92.7 Å². The highest BCUT2D eigenvalue weighted by molar-refractivity contribution is 9.10. The van der Waals surface area contributed by atoms with Crippen LogP contribution in [-0.2, 0) is 22.6 Å². The van der Waals surface area contributed by atoms with Crippen LogP contribution in [0.15, 0.2) is 65.4 Å². The number of fused-ring (bicyclic) bond motifs is 1. The zero-order chi connectivity index (χ0) is 31.5. The van der Waals surface area contributed by atoms with Crippen molar-refractivity contribution in [3.8, 4) is 0 Å². The van der Waals surface area contributed by atoms with Gasteiger partial charge >= 0.3 is 6.03 Å². The molecule has 3 aliphatic rings. The van der Waals surface area contributed by atoms with Crippen molar-refractivity contribution in [2.24, 2.45) is 5.92 Å². The van der Waals surface area contributed by atoms with Gasteiger partial charge in [-0.1, -0.05) is 35.9 Å². The van der Waals surface area contributed by atoms with Gasteiger partial charge in [0.15, 0.2) is 0 Å². The highest BCUT2D eigenvalue weighted by Gasteiger charge is 2.35. The molecule has 8 nitrogen and oxygen atoms in total. The lowest BCUT2D eigenvalue weighted by atomic mass is 9.88. The van der Waals surface area contributed by atoms with E-state index in [9.17, 15) is 14.4 Å². The number of hydrogen-bond acceptors (Lipinski definition) is 4. The first-order chi connectivity index (χ1) is 21.8. The molecular weight excluding hydrogens is 654 g/mol. The molecule has 0 aliphatic carbocycles. The molecule has 1 N–H and O–H groups in total. The monoisotopic (exact) mass is 691 g/mol. The van der Waals surface area contributed by atoms with E-state index in [0.717, 1.165) is 39.7 Å². The zero-order valence-corrected chi connectivity index (χ0v) is 27.9. The third-order valence-corrected chi connectivity index (χ3v) is 11.0. The molecule has 45 heavy (non-hydrogen) atoms. The molecule has 3 aliphatic heterocycles. The summed E-state index contributed by atoms with van der Waals surface area (Å²) in [6, 6.07) is 16.0. The van der Waals surface area contributed by atoms with Gasteiger partial charge in [0, 0.05) is 67.7 Å². The average molecular weight is 693 g/mol. The fourth-order valence-electron chi connectivity index (χ4n) is 7.06. The second-order valence-electron chi connectivity index (χ2n) is 12.5. The molecule has 0 radical (unpaired) electrons. The van der Waals surface area contributed by atoms with Crippen LogP contribution < -0.4 is 5.32 Å². The minimum Gasteiger partial charge on any atom is -0.343 e. The predicted octanol–water partition coefficient (Wildman–Crippen LogP) is 6.80. The highest BCUT2D eigenvalue weighted by Crippen LogP contribution is 2.32. The number of hydrogen-bond donors (Lipinski definition) is 1. The van der Waals surface area contributed by atoms with Crippen molar-refractivity contribution in [1.29, 1.82) is 0 Å². The first-order valence-corrected chi connectivity index (χ1v) is 17.0. The van der Waals surface area contributed by atoms with Crippen LogP contribution >= 0.6 is 27.5 Å². The van der Waals surface area contributed by atoms with Crippen molar-refractivity contribution >= 4 is 51.1 Å². The van der Waals surface area contributed by atoms with Gasteiger partial charge in [-0.25, -0.2) is 4.79 Å². The van der Waals surface area contributed by atoms with Crippen LogP contribution in [0.2, 0.25) is 5.02 Å². The van der Waals surface area contributed by atoms with E-state index in [1.807, 2.05) is 70.4 Å². The van der Waals surface area contributed by atoms with Crippen LogP contribution in [0.25, 0.3) is 0 Å². The van der Waals surface area contributed by atoms with Crippen molar-refractivity contribution < 1.29 is 14.4 Å². The first-order valence-electron chi connectivity index (χ1n) is 15.8. The molecule has 0 bridgehead atoms. The molecule has 1 unspecified atom stereocenters. The summed E-state index contributed by atoms with van der Waals surface area (Å²) in [5.41, 5.74) is 5.15. The number of pyridine rings is 1. The molecule has 6 rings (SSSR count). The molecule has 2 saturated heterocycles. The van der Waals surface area contributed by atoms with E-state index in [4.69, 9.17) is 11.6 Å². The van der Waals surface area contributed by atoms with Gasteiger partial charge in [-0.3, -0.25) is 14.6 Å². The molecule has 2 fully saturated rings. The Balaban J connectivity index is 1.11. The molecule has 4 heterocycles. The zero-order valence-electron chi connectivity index (χ0n) is 25.6. The van der Waals surface area contributed by atoms with Gasteiger partial charge in [0.2, 0.25) is 11.8 Å². The first kappa shape index (κ1) is 31.5. The molecule has 4 amide bonds. The molecule has 0 saturated carbocycles. The molecule has 1 atom stereocenters. The number of benzene rings is 2. The minimum atomic E-state index is -0.468. The predicted molar refractivity (Wildman–Crippen MR) is 179 cm³/mol. The maximum absolute atomic E-state index is 14.1. The average Bonchev–Trinajstić information content (AvgIpc) is 3.06. The molecule has 1 aromatic heterocycles. The summed E-state index contributed by atoms with van der Waals surface area (Å²) in [5, 5.41) is 3.66. The van der Waals surface area contributed by atoms with Crippen LogP contribution in [0.5, 0.6) is 0 Å². The molecule has 2 aromatic carbocycles. The number of nitrogens with zero attached hydrogens (tertiary/aromatic N) is 4. The lowest BCUT2D eigenvalue weighted by Crippen LogP contribution is -2.51. The fraction of sp³-hybridized carbons (Fsp3) is 0.429. The van der Waals surface area contributed by atoms with Gasteiger partial charge in [-0.15, -0.1) is 0 Å². The summed E-state index contributed by atoms with van der Waals surface area (Å²) in [5.74, 6) is -0.0243. The van der Waals surface area contributed by atoms with Crippen molar-refractivity contribution in [2.75, 3.05) is 31.5 Å². The largest absolute Gasteiger partial charge is 0.343 e. The number of piperidine rings is 2. The van der Waals surface area contributed by atoms with Crippen LogP contribution in [0, 0.1) is 12.8 Å². The Hall–Kier alpha value is -3.43. The Labute approximate surface area is 278 Å². The topological polar surface area (TPSA) is 85.8 Å². The van der Waals surface area contributed by atoms with Crippen LogP contribution in [0.4, 0.5) is 10.5 Å². The summed E-state index contributed by atoms with van der Waals surface area (Å²) in [7, 11) is 0. The van der Waals surface area contributed by atoms with Crippen LogP contribution in [-0.4, -0.2) is 69.8 Å². The van der Waals surface area contributed by atoms with Gasteiger partial charge in [0.25, 0.3) is 0 Å². The Morgan fingerprint density at radius 1 is 1.00 bits per heavy atom. The summed E-state index contributed by atoms with van der Waals surface area (Å²) in [4.78, 5) is 50.5. The molecular formula is C35H39BrClN5O3. The van der Waals surface area contributed by atoms with Crippen LogP contribution in [0.3, 0.4) is 0 Å². The van der Waals surface area contributed by atoms with E-state index in [2.05, 4.69) is 38.4 Å². The van der Waals surface area contributed by atoms with Gasteiger partial charge in [0.1, 0.15) is 0 Å². The lowest BCUT2D eigenvalue weighted by molar-refractivity contribution is -0.142. The quantitative estimate of drug-likeness (QED) is 0.295. The maximum atomic E-state index is 14.1. The number of rotatable bonds is 7. The number of anilines is 1. The SMILES string of the molecule is Cc1cc(CC(CC(=O)N2CCC(N3Cc4ccccc4NC3=O)CC2)C(=O)N2CCC(c3ccncc3)CC2)cc(Br)c1Cl. The molecule has 236 valence electrons. The fourth-order valence-corrected chi connectivity index (χ4v) is 7.77. The van der Waals surface area contributed by atoms with E-state index in [0.29, 0.717) is 62.9 Å². The number of halogens is 2. The Morgan fingerprint density at radius 3 is 2.40 bits per heavy atom. The normalized spacial score (nSPS) is 18.4. The van der Waals surface area contributed by atoms with Gasteiger partial charge < -0.3 is 20.0 Å². The van der Waals surface area contributed by atoms with Crippen molar-refractivity contribution in [2.45, 2.75) is 64.0 Å². The number of aromatic nitrogens is 1. The second-order valence-corrected chi connectivity index (χ2v) is 13.8. The van der Waals surface area contributed by atoms with Crippen LogP contribution in [0.1, 0.15) is 60.3 Å². The molecule has 0 spiro atoms. The number of amides is 4. The number of likely N-dealkylation sites (tertiary alicyclic amines) is 2. The molecule has 3 aromatic rings. The van der Waals surface area contributed by atoms with E-state index in [-0.39, 0.29) is 30.3 Å². The maximum Gasteiger partial charge on any atom is 0.322 e. The third kappa shape index (κ3) is 7.20. The summed E-state index contributed by atoms with van der Waals surface area (Å²) < 4.78 is 0.793. The smallest absolute Gasteiger partial charge is 0.322 e. The number of urea groups is 1. The molecule has 10 heteroatoms. The van der Waals surface area contributed by atoms with Crippen molar-refractivity contribution in [3.63, 3.8) is 0 Å². The second kappa shape index (κ2) is 13.9. The van der Waals surface area contributed by atoms with Gasteiger partial charge in [-0.05, 0) is 107 Å². The summed E-state index contributed by atoms with van der Waals surface area (Å²) in [6.45, 7) is 5.01.